The first kappa shape index (κ1) is 33.4. The molecule has 272 valence electrons. The van der Waals surface area contributed by atoms with Crippen molar-refractivity contribution in [1.29, 1.82) is 0 Å². The van der Waals surface area contributed by atoms with E-state index < -0.39 is 0 Å². The van der Waals surface area contributed by atoms with Crippen molar-refractivity contribution in [3.8, 4) is 44.5 Å². The van der Waals surface area contributed by atoms with Gasteiger partial charge in [0.2, 0.25) is 0 Å². The molecule has 0 radical (unpaired) electrons. The van der Waals surface area contributed by atoms with E-state index in [2.05, 4.69) is 207 Å². The Morgan fingerprint density at radius 2 is 1.02 bits per heavy atom. The highest BCUT2D eigenvalue weighted by atomic mass is 16.3. The Hall–Kier alpha value is -6.90. The lowest BCUT2D eigenvalue weighted by molar-refractivity contribution is 0.593. The number of furan rings is 1. The molecule has 57 heavy (non-hydrogen) atoms. The van der Waals surface area contributed by atoms with Gasteiger partial charge in [0.1, 0.15) is 11.3 Å². The van der Waals surface area contributed by atoms with Crippen molar-refractivity contribution in [2.75, 3.05) is 4.90 Å². The van der Waals surface area contributed by atoms with Crippen LogP contribution in [0.15, 0.2) is 192 Å². The fourth-order valence-corrected chi connectivity index (χ4v) is 9.52. The van der Waals surface area contributed by atoms with Crippen molar-refractivity contribution in [1.82, 2.24) is 0 Å². The molecule has 2 nitrogen and oxygen atoms in total. The molecule has 0 fully saturated rings. The second kappa shape index (κ2) is 13.1. The minimum atomic E-state index is -0.103. The van der Waals surface area contributed by atoms with E-state index >= 15 is 0 Å². The Kier molecular flexibility index (Phi) is 7.69. The van der Waals surface area contributed by atoms with Crippen LogP contribution in [0.25, 0.3) is 72.3 Å². The van der Waals surface area contributed by atoms with Crippen LogP contribution in [0.2, 0.25) is 0 Å². The summed E-state index contributed by atoms with van der Waals surface area (Å²) in [5, 5.41) is 3.75. The van der Waals surface area contributed by atoms with Gasteiger partial charge in [-0.2, -0.15) is 0 Å². The van der Waals surface area contributed by atoms with Crippen LogP contribution in [0.3, 0.4) is 0 Å². The largest absolute Gasteiger partial charge is 0.456 e. The molecule has 1 aromatic heterocycles. The third kappa shape index (κ3) is 5.47. The van der Waals surface area contributed by atoms with E-state index in [1.54, 1.807) is 0 Å². The molecule has 1 heterocycles. The summed E-state index contributed by atoms with van der Waals surface area (Å²) < 4.78 is 6.88. The first-order valence-electron chi connectivity index (χ1n) is 20.0. The van der Waals surface area contributed by atoms with Crippen molar-refractivity contribution in [3.05, 3.63) is 210 Å². The Labute approximate surface area is 334 Å². The van der Waals surface area contributed by atoms with Gasteiger partial charge in [0.05, 0.1) is 0 Å². The first-order valence-corrected chi connectivity index (χ1v) is 20.0. The van der Waals surface area contributed by atoms with E-state index in [0.29, 0.717) is 0 Å². The molecule has 0 saturated heterocycles. The molecule has 0 bridgehead atoms. The van der Waals surface area contributed by atoms with Gasteiger partial charge in [-0.15, -0.1) is 0 Å². The van der Waals surface area contributed by atoms with Gasteiger partial charge < -0.3 is 9.32 Å². The molecular formula is C55H41NO. The molecule has 0 atom stereocenters. The van der Waals surface area contributed by atoms with Crippen LogP contribution in [0.1, 0.15) is 42.7 Å². The number of benzene rings is 8. The maximum absolute atomic E-state index is 6.88. The molecule has 0 spiro atoms. The molecule has 2 aliphatic rings. The monoisotopic (exact) mass is 731 g/mol. The minimum Gasteiger partial charge on any atom is -0.456 e. The summed E-state index contributed by atoms with van der Waals surface area (Å²) in [7, 11) is 0. The van der Waals surface area contributed by atoms with Gasteiger partial charge in [0, 0.05) is 39.5 Å². The van der Waals surface area contributed by atoms with Crippen molar-refractivity contribution in [2.45, 2.75) is 32.1 Å². The quantitative estimate of drug-likeness (QED) is 0.169. The summed E-state index contributed by atoms with van der Waals surface area (Å²) >= 11 is 0. The zero-order valence-electron chi connectivity index (χ0n) is 32.2. The molecule has 2 aliphatic carbocycles. The Balaban J connectivity index is 1.03. The molecule has 2 heteroatoms. The van der Waals surface area contributed by atoms with Gasteiger partial charge >= 0.3 is 0 Å². The lowest BCUT2D eigenvalue weighted by Gasteiger charge is -2.31. The van der Waals surface area contributed by atoms with Gasteiger partial charge in [-0.05, 0) is 110 Å². The average molecular weight is 732 g/mol. The van der Waals surface area contributed by atoms with Crippen LogP contribution in [-0.2, 0) is 11.8 Å². The topological polar surface area (TPSA) is 16.4 Å². The second-order valence-electron chi connectivity index (χ2n) is 16.0. The smallest absolute Gasteiger partial charge is 0.136 e. The lowest BCUT2D eigenvalue weighted by Crippen LogP contribution is -2.20. The van der Waals surface area contributed by atoms with Crippen molar-refractivity contribution in [2.24, 2.45) is 0 Å². The van der Waals surface area contributed by atoms with E-state index in [1.165, 1.54) is 83.1 Å². The van der Waals surface area contributed by atoms with E-state index in [9.17, 15) is 0 Å². The van der Waals surface area contributed by atoms with Crippen LogP contribution >= 0.6 is 0 Å². The summed E-state index contributed by atoms with van der Waals surface area (Å²) in [5.74, 6) is 0.954. The summed E-state index contributed by atoms with van der Waals surface area (Å²) in [5.41, 5.74) is 18.3. The molecule has 11 rings (SSSR count). The summed E-state index contributed by atoms with van der Waals surface area (Å²) in [4.78, 5) is 2.46. The normalized spacial score (nSPS) is 13.9. The number of nitrogens with zero attached hydrogens (tertiary/aromatic N) is 1. The van der Waals surface area contributed by atoms with Gasteiger partial charge in [-0.1, -0.05) is 166 Å². The number of allylic oxidation sites excluding steroid dienone is 1. The van der Waals surface area contributed by atoms with Crippen LogP contribution in [0, 0.1) is 0 Å². The fourth-order valence-electron chi connectivity index (χ4n) is 9.52. The Bertz CT molecular complexity index is 3000. The zero-order valence-corrected chi connectivity index (χ0v) is 32.2. The summed E-state index contributed by atoms with van der Waals surface area (Å²) in [6.45, 7) is 4.72. The standard InChI is InChI=1S/C55H41NO/c1-55(2)50-20-12-11-18-45(50)46-31-29-42(33-51(46)55)56(41-27-25-39(26-28-41)38-23-21-37(22-24-38)36-13-5-3-6-14-36)43-30-32-48-52(34-43)57-53-35-49(40-15-7-4-8-16-40)44-17-9-10-19-47(44)54(48)53/h3-29,31,33-35H,30,32H2,1-2H3. The average Bonchev–Trinajstić information content (AvgIpc) is 3.75. The molecule has 0 saturated carbocycles. The number of rotatable bonds is 6. The predicted molar refractivity (Wildman–Crippen MR) is 239 cm³/mol. The number of fused-ring (bicyclic) bond motifs is 8. The molecule has 0 amide bonds. The molecule has 8 aromatic carbocycles. The second-order valence-corrected chi connectivity index (χ2v) is 16.0. The highest BCUT2D eigenvalue weighted by Gasteiger charge is 2.36. The molecular weight excluding hydrogens is 691 g/mol. The number of hydrogen-bond donors (Lipinski definition) is 0. The van der Waals surface area contributed by atoms with Crippen LogP contribution in [0.5, 0.6) is 0 Å². The van der Waals surface area contributed by atoms with Gasteiger partial charge in [0.25, 0.3) is 0 Å². The number of hydrogen-bond acceptors (Lipinski definition) is 2. The Morgan fingerprint density at radius 1 is 0.456 bits per heavy atom. The molecule has 0 aliphatic heterocycles. The summed E-state index contributed by atoms with van der Waals surface area (Å²) in [6.07, 6.45) is 4.09. The number of anilines is 2. The first-order chi connectivity index (χ1) is 28.0. The van der Waals surface area contributed by atoms with Gasteiger partial charge in [-0.25, -0.2) is 0 Å². The minimum absolute atomic E-state index is 0.103. The molecule has 0 unspecified atom stereocenters. The maximum Gasteiger partial charge on any atom is 0.136 e. The third-order valence-electron chi connectivity index (χ3n) is 12.4. The SMILES string of the molecule is CC1(C)c2ccccc2-c2ccc(N(C3=Cc4oc5cc(-c6ccccc6)c6ccccc6c5c4CC3)c3ccc(-c4ccc(-c5ccccc5)cc4)cc3)cc21. The zero-order chi connectivity index (χ0) is 38.1. The predicted octanol–water partition coefficient (Wildman–Crippen LogP) is 15.0. The van der Waals surface area contributed by atoms with Crippen molar-refractivity contribution < 1.29 is 4.42 Å². The number of aryl methyl sites for hydroxylation is 1. The fraction of sp³-hybridized carbons (Fsp3) is 0.0909. The van der Waals surface area contributed by atoms with Crippen LogP contribution in [0.4, 0.5) is 11.4 Å². The molecule has 0 N–H and O–H groups in total. The van der Waals surface area contributed by atoms with Crippen LogP contribution in [-0.4, -0.2) is 0 Å². The van der Waals surface area contributed by atoms with E-state index in [1.807, 2.05) is 0 Å². The highest BCUT2D eigenvalue weighted by Crippen LogP contribution is 2.51. The van der Waals surface area contributed by atoms with E-state index in [4.69, 9.17) is 4.42 Å². The Morgan fingerprint density at radius 3 is 1.74 bits per heavy atom. The highest BCUT2D eigenvalue weighted by molar-refractivity contribution is 6.14. The van der Waals surface area contributed by atoms with Gasteiger partial charge in [0.15, 0.2) is 0 Å². The van der Waals surface area contributed by atoms with Crippen molar-refractivity contribution >= 4 is 39.2 Å². The molecule has 9 aromatic rings. The van der Waals surface area contributed by atoms with Crippen molar-refractivity contribution in [3.63, 3.8) is 0 Å². The van der Waals surface area contributed by atoms with Crippen LogP contribution < -0.4 is 4.90 Å². The van der Waals surface area contributed by atoms with E-state index in [-0.39, 0.29) is 5.41 Å². The van der Waals surface area contributed by atoms with E-state index in [0.717, 1.165) is 35.6 Å². The van der Waals surface area contributed by atoms with Gasteiger partial charge in [-0.3, -0.25) is 0 Å². The third-order valence-corrected chi connectivity index (χ3v) is 12.4. The lowest BCUT2D eigenvalue weighted by atomic mass is 9.82. The summed E-state index contributed by atoms with van der Waals surface area (Å²) in [6, 6.07) is 66.2. The maximum atomic E-state index is 6.88.